The highest BCUT2D eigenvalue weighted by Crippen LogP contribution is 2.23. The number of sulfonamides is 1. The number of H-pyrrole nitrogens is 1. The van der Waals surface area contributed by atoms with Gasteiger partial charge in [-0.3, -0.25) is 9.10 Å². The van der Waals surface area contributed by atoms with E-state index in [4.69, 9.17) is 0 Å². The molecule has 0 fully saturated rings. The summed E-state index contributed by atoms with van der Waals surface area (Å²) in [6.07, 6.45) is 1.17. The van der Waals surface area contributed by atoms with Gasteiger partial charge in [-0.25, -0.2) is 13.4 Å². The van der Waals surface area contributed by atoms with Crippen molar-refractivity contribution < 1.29 is 8.42 Å². The van der Waals surface area contributed by atoms with Crippen molar-refractivity contribution in [3.8, 4) is 0 Å². The minimum atomic E-state index is -3.52. The molecule has 1 N–H and O–H groups in total. The Morgan fingerprint density at radius 1 is 1.09 bits per heavy atom. The lowest BCUT2D eigenvalue weighted by atomic mass is 10.2. The van der Waals surface area contributed by atoms with E-state index < -0.39 is 10.0 Å². The Labute approximate surface area is 189 Å². The second kappa shape index (κ2) is 8.75. The molecule has 0 amide bonds. The highest BCUT2D eigenvalue weighted by Gasteiger charge is 2.21. The first-order valence-corrected chi connectivity index (χ1v) is 12.6. The summed E-state index contributed by atoms with van der Waals surface area (Å²) in [5, 5.41) is 9.51. The van der Waals surface area contributed by atoms with E-state index in [0.717, 1.165) is 5.56 Å². The number of nitrogens with one attached hydrogen (secondary N) is 1. The zero-order valence-electron chi connectivity index (χ0n) is 17.8. The third-order valence-corrected chi connectivity index (χ3v) is 7.10. The first kappa shape index (κ1) is 22.0. The maximum atomic E-state index is 12.4. The molecule has 0 aliphatic carbocycles. The molecule has 9 nitrogen and oxygen atoms in total. The van der Waals surface area contributed by atoms with Gasteiger partial charge in [-0.1, -0.05) is 41.6 Å². The van der Waals surface area contributed by atoms with Crippen molar-refractivity contribution in [1.29, 1.82) is 0 Å². The molecule has 4 rings (SSSR count). The Morgan fingerprint density at radius 3 is 2.53 bits per heavy atom. The molecule has 0 radical (unpaired) electrons. The predicted octanol–water partition coefficient (Wildman–Crippen LogP) is 2.62. The number of benzene rings is 2. The van der Waals surface area contributed by atoms with Gasteiger partial charge in [0.15, 0.2) is 11.0 Å². The number of nitrogens with zero attached hydrogens (tertiary/aromatic N) is 5. The summed E-state index contributed by atoms with van der Waals surface area (Å²) in [5.74, 6) is 1.42. The van der Waals surface area contributed by atoms with Crippen LogP contribution in [-0.4, -0.2) is 39.4 Å². The molecule has 4 aromatic rings. The summed E-state index contributed by atoms with van der Waals surface area (Å²) in [5.41, 5.74) is 2.05. The standard InChI is InChI=1S/C21H22N6O3S2/c1-14-8-10-15(11-9-14)27(32(3,29)30)12-19-24-25-21(26(19)2)31-13-18-22-17-7-5-4-6-16(17)20(28)23-18/h4-11H,12-13H2,1-3H3,(H,22,23,28). The second-order valence-corrected chi connectivity index (χ2v) is 10.2. The lowest BCUT2D eigenvalue weighted by Crippen LogP contribution is -2.30. The van der Waals surface area contributed by atoms with Crippen LogP contribution in [-0.2, 0) is 29.4 Å². The lowest BCUT2D eigenvalue weighted by Gasteiger charge is -2.22. The molecule has 0 unspecified atom stereocenters. The van der Waals surface area contributed by atoms with Gasteiger partial charge in [0.25, 0.3) is 5.56 Å². The average molecular weight is 471 g/mol. The summed E-state index contributed by atoms with van der Waals surface area (Å²) < 4.78 is 27.9. The van der Waals surface area contributed by atoms with Gasteiger partial charge in [-0.15, -0.1) is 10.2 Å². The Balaban J connectivity index is 1.54. The molecule has 0 saturated heterocycles. The molecule has 166 valence electrons. The molecule has 0 atom stereocenters. The number of anilines is 1. The van der Waals surface area contributed by atoms with Crippen LogP contribution in [0.2, 0.25) is 0 Å². The maximum absolute atomic E-state index is 12.4. The van der Waals surface area contributed by atoms with E-state index in [1.165, 1.54) is 22.3 Å². The highest BCUT2D eigenvalue weighted by atomic mass is 32.2. The van der Waals surface area contributed by atoms with E-state index in [1.807, 2.05) is 25.1 Å². The monoisotopic (exact) mass is 470 g/mol. The number of aryl methyl sites for hydroxylation is 1. The number of para-hydroxylation sites is 1. The summed E-state index contributed by atoms with van der Waals surface area (Å²) in [4.78, 5) is 19.5. The van der Waals surface area contributed by atoms with E-state index in [9.17, 15) is 13.2 Å². The van der Waals surface area contributed by atoms with Gasteiger partial charge in [0.05, 0.1) is 35.1 Å². The summed E-state index contributed by atoms with van der Waals surface area (Å²) in [6.45, 7) is 2.00. The van der Waals surface area contributed by atoms with Crippen LogP contribution < -0.4 is 9.86 Å². The molecule has 2 aromatic carbocycles. The highest BCUT2D eigenvalue weighted by molar-refractivity contribution is 7.98. The van der Waals surface area contributed by atoms with Crippen LogP contribution >= 0.6 is 11.8 Å². The largest absolute Gasteiger partial charge is 0.309 e. The van der Waals surface area contributed by atoms with E-state index >= 15 is 0 Å². The SMILES string of the molecule is Cc1ccc(N(Cc2nnc(SCc3nc4ccccc4c(=O)[nH]3)n2C)S(C)(=O)=O)cc1. The Kier molecular flexibility index (Phi) is 6.02. The number of rotatable bonds is 7. The first-order valence-electron chi connectivity index (χ1n) is 9.76. The van der Waals surface area contributed by atoms with Crippen molar-refractivity contribution >= 4 is 38.4 Å². The van der Waals surface area contributed by atoms with Crippen LogP contribution in [0.1, 0.15) is 17.2 Å². The molecular formula is C21H22N6O3S2. The van der Waals surface area contributed by atoms with E-state index in [1.54, 1.807) is 41.9 Å². The number of hydrogen-bond donors (Lipinski definition) is 1. The van der Waals surface area contributed by atoms with Gasteiger partial charge in [0.2, 0.25) is 10.0 Å². The fourth-order valence-corrected chi connectivity index (χ4v) is 4.84. The summed E-state index contributed by atoms with van der Waals surface area (Å²) in [7, 11) is -1.74. The van der Waals surface area contributed by atoms with Gasteiger partial charge in [-0.05, 0) is 31.2 Å². The molecule has 11 heteroatoms. The number of thioether (sulfide) groups is 1. The Bertz CT molecular complexity index is 1430. The maximum Gasteiger partial charge on any atom is 0.258 e. The molecule has 0 saturated carbocycles. The number of aromatic nitrogens is 5. The minimum Gasteiger partial charge on any atom is -0.309 e. The molecule has 32 heavy (non-hydrogen) atoms. The van der Waals surface area contributed by atoms with Crippen LogP contribution in [0.5, 0.6) is 0 Å². The predicted molar refractivity (Wildman–Crippen MR) is 125 cm³/mol. The smallest absolute Gasteiger partial charge is 0.258 e. The molecule has 2 aromatic heterocycles. The van der Waals surface area contributed by atoms with Crippen LogP contribution in [0.4, 0.5) is 5.69 Å². The molecule has 0 bridgehead atoms. The Hall–Kier alpha value is -3.18. The van der Waals surface area contributed by atoms with Crippen LogP contribution in [0.15, 0.2) is 58.5 Å². The molecular weight excluding hydrogens is 448 g/mol. The van der Waals surface area contributed by atoms with E-state index in [0.29, 0.717) is 39.1 Å². The zero-order valence-corrected chi connectivity index (χ0v) is 19.4. The number of fused-ring (bicyclic) bond motifs is 1. The van der Waals surface area contributed by atoms with Crippen LogP contribution in [0, 0.1) is 6.92 Å². The average Bonchev–Trinajstić information content (AvgIpc) is 3.10. The van der Waals surface area contributed by atoms with Crippen molar-refractivity contribution in [1.82, 2.24) is 24.7 Å². The van der Waals surface area contributed by atoms with Gasteiger partial charge >= 0.3 is 0 Å². The lowest BCUT2D eigenvalue weighted by molar-refractivity contribution is 0.593. The molecule has 0 aliphatic rings. The first-order chi connectivity index (χ1) is 15.2. The molecule has 0 spiro atoms. The van der Waals surface area contributed by atoms with Gasteiger partial charge in [-0.2, -0.15) is 0 Å². The van der Waals surface area contributed by atoms with Crippen molar-refractivity contribution in [2.24, 2.45) is 7.05 Å². The van der Waals surface area contributed by atoms with Crippen molar-refractivity contribution in [2.75, 3.05) is 10.6 Å². The summed E-state index contributed by atoms with van der Waals surface area (Å²) >= 11 is 1.36. The van der Waals surface area contributed by atoms with Crippen LogP contribution in [0.25, 0.3) is 10.9 Å². The molecule has 0 aliphatic heterocycles. The fraction of sp³-hybridized carbons (Fsp3) is 0.238. The Morgan fingerprint density at radius 2 is 1.81 bits per heavy atom. The number of aromatic amines is 1. The fourth-order valence-electron chi connectivity index (χ4n) is 3.18. The van der Waals surface area contributed by atoms with E-state index in [2.05, 4.69) is 20.2 Å². The minimum absolute atomic E-state index is 0.0526. The summed E-state index contributed by atoms with van der Waals surface area (Å²) in [6, 6.07) is 14.4. The quantitative estimate of drug-likeness (QED) is 0.413. The van der Waals surface area contributed by atoms with Crippen LogP contribution in [0.3, 0.4) is 0 Å². The third-order valence-electron chi connectivity index (χ3n) is 4.93. The van der Waals surface area contributed by atoms with Gasteiger partial charge in [0.1, 0.15) is 5.82 Å². The normalized spacial score (nSPS) is 11.7. The van der Waals surface area contributed by atoms with Gasteiger partial charge < -0.3 is 9.55 Å². The second-order valence-electron chi connectivity index (χ2n) is 7.38. The molecule has 2 heterocycles. The third kappa shape index (κ3) is 4.68. The topological polar surface area (TPSA) is 114 Å². The van der Waals surface area contributed by atoms with Crippen molar-refractivity contribution in [3.63, 3.8) is 0 Å². The number of hydrogen-bond acceptors (Lipinski definition) is 7. The van der Waals surface area contributed by atoms with Gasteiger partial charge in [0, 0.05) is 7.05 Å². The van der Waals surface area contributed by atoms with Crippen molar-refractivity contribution in [3.05, 3.63) is 76.1 Å². The van der Waals surface area contributed by atoms with E-state index in [-0.39, 0.29) is 12.1 Å². The van der Waals surface area contributed by atoms with Crippen molar-refractivity contribution in [2.45, 2.75) is 24.4 Å². The zero-order chi connectivity index (χ0) is 22.9.